The highest BCUT2D eigenvalue weighted by Crippen LogP contribution is 2.30. The van der Waals surface area contributed by atoms with Gasteiger partial charge in [-0.2, -0.15) is 0 Å². The van der Waals surface area contributed by atoms with Gasteiger partial charge in [-0.05, 0) is 12.1 Å². The van der Waals surface area contributed by atoms with Gasteiger partial charge in [0.05, 0.1) is 16.9 Å². The maximum Gasteiger partial charge on any atom is 0.329 e. The number of benzene rings is 1. The van der Waals surface area contributed by atoms with Gasteiger partial charge in [0.2, 0.25) is 5.75 Å². The first-order chi connectivity index (χ1) is 10.2. The fraction of sp³-hybridized carbons (Fsp3) is 0. The minimum atomic E-state index is -0.526. The predicted octanol–water partition coefficient (Wildman–Crippen LogP) is 2.97. The minimum Gasteiger partial charge on any atom is -0.450 e. The van der Waals surface area contributed by atoms with Crippen molar-refractivity contribution < 1.29 is 9.66 Å². The molecule has 3 aromatic rings. The van der Waals surface area contributed by atoms with E-state index in [1.54, 1.807) is 36.9 Å². The Balaban J connectivity index is 1.93. The van der Waals surface area contributed by atoms with Gasteiger partial charge in [0.15, 0.2) is 0 Å². The molecule has 7 nitrogen and oxygen atoms in total. The molecule has 0 aliphatic heterocycles. The van der Waals surface area contributed by atoms with Gasteiger partial charge in [-0.3, -0.25) is 15.1 Å². The van der Waals surface area contributed by atoms with Gasteiger partial charge in [-0.15, -0.1) is 0 Å². The number of imidazole rings is 1. The maximum absolute atomic E-state index is 10.9. The molecule has 0 saturated heterocycles. The first kappa shape index (κ1) is 12.8. The standard InChI is InChI=1S/C14H10N4O3/c19-18(20)13-9-15-5-4-14(13)21-12-3-1-2-11(8-12)17-7-6-16-10-17/h1-10H. The van der Waals surface area contributed by atoms with Crippen molar-refractivity contribution in [2.24, 2.45) is 0 Å². The molecule has 0 bridgehead atoms. The molecule has 0 unspecified atom stereocenters. The normalized spacial score (nSPS) is 10.3. The van der Waals surface area contributed by atoms with Crippen LogP contribution in [0, 0.1) is 10.1 Å². The topological polar surface area (TPSA) is 83.1 Å². The fourth-order valence-corrected chi connectivity index (χ4v) is 1.84. The van der Waals surface area contributed by atoms with E-state index in [2.05, 4.69) is 9.97 Å². The number of hydrogen-bond acceptors (Lipinski definition) is 5. The average molecular weight is 282 g/mol. The molecule has 0 amide bonds. The highest BCUT2D eigenvalue weighted by molar-refractivity contribution is 5.47. The lowest BCUT2D eigenvalue weighted by atomic mass is 10.3. The number of pyridine rings is 1. The zero-order chi connectivity index (χ0) is 14.7. The molecule has 0 aliphatic rings. The first-order valence-electron chi connectivity index (χ1n) is 6.09. The molecule has 0 N–H and O–H groups in total. The van der Waals surface area contributed by atoms with Crippen molar-refractivity contribution in [2.75, 3.05) is 0 Å². The molecule has 2 heterocycles. The van der Waals surface area contributed by atoms with E-state index in [1.165, 1.54) is 12.3 Å². The summed E-state index contributed by atoms with van der Waals surface area (Å²) in [6, 6.07) is 8.64. The third kappa shape index (κ3) is 2.71. The van der Waals surface area contributed by atoms with E-state index in [9.17, 15) is 10.1 Å². The summed E-state index contributed by atoms with van der Waals surface area (Å²) >= 11 is 0. The molecule has 3 rings (SSSR count). The Kier molecular flexibility index (Phi) is 3.30. The van der Waals surface area contributed by atoms with Gasteiger partial charge in [0.1, 0.15) is 11.9 Å². The SMILES string of the molecule is O=[N+]([O-])c1cnccc1Oc1cccc(-n2ccnc2)c1. The van der Waals surface area contributed by atoms with Crippen LogP contribution in [0.1, 0.15) is 0 Å². The van der Waals surface area contributed by atoms with Crippen LogP contribution in [-0.4, -0.2) is 19.5 Å². The number of rotatable bonds is 4. The van der Waals surface area contributed by atoms with Gasteiger partial charge in [0, 0.05) is 30.7 Å². The lowest BCUT2D eigenvalue weighted by Gasteiger charge is -2.08. The Labute approximate surface area is 119 Å². The van der Waals surface area contributed by atoms with Crippen LogP contribution in [0.3, 0.4) is 0 Å². The minimum absolute atomic E-state index is 0.151. The molecule has 0 aliphatic carbocycles. The van der Waals surface area contributed by atoms with Gasteiger partial charge < -0.3 is 9.30 Å². The zero-order valence-electron chi connectivity index (χ0n) is 10.8. The second kappa shape index (κ2) is 5.41. The van der Waals surface area contributed by atoms with Crippen LogP contribution in [0.15, 0.2) is 61.4 Å². The lowest BCUT2D eigenvalue weighted by Crippen LogP contribution is -1.95. The van der Waals surface area contributed by atoms with E-state index in [0.29, 0.717) is 5.75 Å². The fourth-order valence-electron chi connectivity index (χ4n) is 1.84. The Bertz CT molecular complexity index is 771. The summed E-state index contributed by atoms with van der Waals surface area (Å²) in [7, 11) is 0. The van der Waals surface area contributed by atoms with E-state index >= 15 is 0 Å². The summed E-state index contributed by atoms with van der Waals surface area (Å²) < 4.78 is 7.41. The summed E-state index contributed by atoms with van der Waals surface area (Å²) in [5.41, 5.74) is 0.673. The Morgan fingerprint density at radius 1 is 1.19 bits per heavy atom. The number of nitrogens with zero attached hydrogens (tertiary/aromatic N) is 4. The van der Waals surface area contributed by atoms with Crippen molar-refractivity contribution in [3.05, 3.63) is 71.6 Å². The second-order valence-electron chi connectivity index (χ2n) is 4.17. The third-order valence-electron chi connectivity index (χ3n) is 2.81. The van der Waals surface area contributed by atoms with E-state index in [1.807, 2.05) is 10.6 Å². The summed E-state index contributed by atoms with van der Waals surface area (Å²) in [4.78, 5) is 18.1. The molecular formula is C14H10N4O3. The molecule has 104 valence electrons. The van der Waals surface area contributed by atoms with Crippen LogP contribution in [0.5, 0.6) is 11.5 Å². The zero-order valence-corrected chi connectivity index (χ0v) is 10.8. The molecule has 0 radical (unpaired) electrons. The molecule has 0 fully saturated rings. The molecule has 2 aromatic heterocycles. The molecule has 0 spiro atoms. The number of ether oxygens (including phenoxy) is 1. The van der Waals surface area contributed by atoms with E-state index in [4.69, 9.17) is 4.74 Å². The smallest absolute Gasteiger partial charge is 0.329 e. The van der Waals surface area contributed by atoms with E-state index in [-0.39, 0.29) is 11.4 Å². The van der Waals surface area contributed by atoms with Crippen LogP contribution in [-0.2, 0) is 0 Å². The maximum atomic E-state index is 10.9. The Morgan fingerprint density at radius 3 is 2.86 bits per heavy atom. The van der Waals surface area contributed by atoms with Crippen molar-refractivity contribution in [2.45, 2.75) is 0 Å². The number of aromatic nitrogens is 3. The van der Waals surface area contributed by atoms with E-state index in [0.717, 1.165) is 11.9 Å². The quantitative estimate of drug-likeness (QED) is 0.542. The molecular weight excluding hydrogens is 272 g/mol. The summed E-state index contributed by atoms with van der Waals surface area (Å²) in [6.07, 6.45) is 7.74. The molecule has 0 atom stereocenters. The third-order valence-corrected chi connectivity index (χ3v) is 2.81. The molecule has 1 aromatic carbocycles. The predicted molar refractivity (Wildman–Crippen MR) is 74.5 cm³/mol. The monoisotopic (exact) mass is 282 g/mol. The van der Waals surface area contributed by atoms with Gasteiger partial charge in [-0.25, -0.2) is 4.98 Å². The van der Waals surface area contributed by atoms with Gasteiger partial charge >= 0.3 is 5.69 Å². The van der Waals surface area contributed by atoms with Crippen LogP contribution in [0.4, 0.5) is 5.69 Å². The summed E-state index contributed by atoms with van der Waals surface area (Å²) in [6.45, 7) is 0. The van der Waals surface area contributed by atoms with Crippen LogP contribution in [0.25, 0.3) is 5.69 Å². The van der Waals surface area contributed by atoms with Crippen molar-refractivity contribution >= 4 is 5.69 Å². The Morgan fingerprint density at radius 2 is 2.10 bits per heavy atom. The van der Waals surface area contributed by atoms with Crippen LogP contribution in [0.2, 0.25) is 0 Å². The van der Waals surface area contributed by atoms with Crippen molar-refractivity contribution in [1.29, 1.82) is 0 Å². The van der Waals surface area contributed by atoms with Crippen molar-refractivity contribution in [3.63, 3.8) is 0 Å². The molecule has 21 heavy (non-hydrogen) atoms. The van der Waals surface area contributed by atoms with Gasteiger partial charge in [-0.1, -0.05) is 6.07 Å². The first-order valence-corrected chi connectivity index (χ1v) is 6.09. The molecule has 7 heteroatoms. The van der Waals surface area contributed by atoms with Gasteiger partial charge in [0.25, 0.3) is 0 Å². The number of nitro groups is 1. The van der Waals surface area contributed by atoms with Crippen molar-refractivity contribution in [1.82, 2.24) is 14.5 Å². The molecule has 0 saturated carbocycles. The highest BCUT2D eigenvalue weighted by atomic mass is 16.6. The Hall–Kier alpha value is -3.22. The lowest BCUT2D eigenvalue weighted by molar-refractivity contribution is -0.386. The second-order valence-corrected chi connectivity index (χ2v) is 4.17. The van der Waals surface area contributed by atoms with Crippen LogP contribution < -0.4 is 4.74 Å². The highest BCUT2D eigenvalue weighted by Gasteiger charge is 2.15. The summed E-state index contributed by atoms with van der Waals surface area (Å²) in [5.74, 6) is 0.647. The average Bonchev–Trinajstić information content (AvgIpc) is 3.02. The number of hydrogen-bond donors (Lipinski definition) is 0. The van der Waals surface area contributed by atoms with Crippen LogP contribution >= 0.6 is 0 Å². The van der Waals surface area contributed by atoms with Crippen molar-refractivity contribution in [3.8, 4) is 17.2 Å². The van der Waals surface area contributed by atoms with E-state index < -0.39 is 4.92 Å². The summed E-state index contributed by atoms with van der Waals surface area (Å²) in [5, 5.41) is 10.9. The largest absolute Gasteiger partial charge is 0.450 e.